The number of halogens is 1. The first-order valence-electron chi connectivity index (χ1n) is 13.0. The maximum Gasteiger partial charge on any atom is 0.343 e. The largest absolute Gasteiger partial charge is 0.493 e. The molecule has 2 fully saturated rings. The highest BCUT2D eigenvalue weighted by Crippen LogP contribution is 2.49. The fourth-order valence-corrected chi connectivity index (χ4v) is 5.30. The number of carbonyl (C=O) groups is 3. The molecule has 0 unspecified atom stereocenters. The maximum atomic E-state index is 13.9. The lowest BCUT2D eigenvalue weighted by atomic mass is 9.90. The van der Waals surface area contributed by atoms with Crippen molar-refractivity contribution >= 4 is 29.2 Å². The molecule has 0 aliphatic carbocycles. The van der Waals surface area contributed by atoms with Crippen molar-refractivity contribution in [2.75, 3.05) is 17.1 Å². The third-order valence-corrected chi connectivity index (χ3v) is 7.29. The van der Waals surface area contributed by atoms with Gasteiger partial charge in [-0.25, -0.2) is 19.1 Å². The molecule has 2 heterocycles. The third-order valence-electron chi connectivity index (χ3n) is 7.29. The quantitative estimate of drug-likeness (QED) is 0.180. The molecule has 0 saturated carbocycles. The first-order chi connectivity index (χ1) is 19.9. The van der Waals surface area contributed by atoms with Gasteiger partial charge in [0.25, 0.3) is 5.91 Å². The number of imide groups is 1. The minimum absolute atomic E-state index is 0.141. The van der Waals surface area contributed by atoms with Gasteiger partial charge in [-0.05, 0) is 72.6 Å². The molecule has 4 aromatic carbocycles. The first kappa shape index (κ1) is 26.2. The maximum absolute atomic E-state index is 13.9. The van der Waals surface area contributed by atoms with Crippen molar-refractivity contribution in [3.8, 4) is 11.5 Å². The van der Waals surface area contributed by atoms with Gasteiger partial charge in [-0.3, -0.25) is 14.4 Å². The zero-order valence-corrected chi connectivity index (χ0v) is 22.2. The number of hydrogen-bond acceptors (Lipinski definition) is 7. The topological polar surface area (TPSA) is 85.4 Å². The van der Waals surface area contributed by atoms with E-state index in [-0.39, 0.29) is 23.0 Å². The monoisotopic (exact) mass is 552 g/mol. The Balaban J connectivity index is 1.38. The second-order valence-electron chi connectivity index (χ2n) is 9.76. The summed E-state index contributed by atoms with van der Waals surface area (Å²) in [5.41, 5.74) is 2.77. The molecule has 2 aliphatic rings. The lowest BCUT2D eigenvalue weighted by molar-refractivity contribution is -0.126. The van der Waals surface area contributed by atoms with Crippen molar-refractivity contribution in [1.29, 1.82) is 0 Å². The fourth-order valence-electron chi connectivity index (χ4n) is 5.30. The van der Waals surface area contributed by atoms with Crippen LogP contribution in [0, 0.1) is 18.7 Å². The summed E-state index contributed by atoms with van der Waals surface area (Å²) < 4.78 is 24.4. The van der Waals surface area contributed by atoms with Gasteiger partial charge >= 0.3 is 5.97 Å². The molecule has 41 heavy (non-hydrogen) atoms. The number of fused-ring (bicyclic) bond motifs is 1. The van der Waals surface area contributed by atoms with E-state index < -0.39 is 35.8 Å². The van der Waals surface area contributed by atoms with Crippen LogP contribution < -0.4 is 19.4 Å². The van der Waals surface area contributed by atoms with Crippen LogP contribution in [0.25, 0.3) is 0 Å². The molecule has 6 rings (SSSR count). The molecule has 2 saturated heterocycles. The number of para-hydroxylation sites is 2. The van der Waals surface area contributed by atoms with Crippen molar-refractivity contribution in [3.05, 3.63) is 120 Å². The van der Waals surface area contributed by atoms with E-state index in [1.165, 1.54) is 36.3 Å². The Labute approximate surface area is 235 Å². The van der Waals surface area contributed by atoms with Gasteiger partial charge in [0, 0.05) is 0 Å². The number of aryl methyl sites for hydroxylation is 1. The summed E-state index contributed by atoms with van der Waals surface area (Å²) in [5.74, 6) is -2.43. The minimum atomic E-state index is -1.03. The van der Waals surface area contributed by atoms with Crippen LogP contribution in [0.3, 0.4) is 0 Å². The number of hydroxylamine groups is 1. The van der Waals surface area contributed by atoms with E-state index in [2.05, 4.69) is 0 Å². The Morgan fingerprint density at radius 1 is 0.854 bits per heavy atom. The minimum Gasteiger partial charge on any atom is -0.493 e. The molecule has 0 aromatic heterocycles. The molecule has 0 N–H and O–H groups in total. The molecule has 206 valence electrons. The summed E-state index contributed by atoms with van der Waals surface area (Å²) in [4.78, 5) is 47.6. The van der Waals surface area contributed by atoms with Crippen LogP contribution in [-0.2, 0) is 14.4 Å². The number of rotatable bonds is 6. The molecular weight excluding hydrogens is 527 g/mol. The lowest BCUT2D eigenvalue weighted by Crippen LogP contribution is -2.37. The Bertz CT molecular complexity index is 1640. The number of esters is 1. The average Bonchev–Trinajstić information content (AvgIpc) is 3.50. The summed E-state index contributed by atoms with van der Waals surface area (Å²) in [6.45, 7) is 1.84. The van der Waals surface area contributed by atoms with Gasteiger partial charge in [-0.15, -0.1) is 0 Å². The zero-order chi connectivity index (χ0) is 28.7. The number of ether oxygens (including phenoxy) is 2. The Morgan fingerprint density at radius 2 is 1.56 bits per heavy atom. The van der Waals surface area contributed by atoms with Crippen molar-refractivity contribution in [3.63, 3.8) is 0 Å². The van der Waals surface area contributed by atoms with E-state index >= 15 is 0 Å². The molecule has 8 nitrogen and oxygen atoms in total. The van der Waals surface area contributed by atoms with Crippen LogP contribution >= 0.6 is 0 Å². The molecule has 2 aliphatic heterocycles. The Hall–Kier alpha value is -5.02. The van der Waals surface area contributed by atoms with E-state index in [0.717, 1.165) is 5.56 Å². The second kappa shape index (κ2) is 10.5. The van der Waals surface area contributed by atoms with Crippen molar-refractivity contribution in [2.24, 2.45) is 5.92 Å². The summed E-state index contributed by atoms with van der Waals surface area (Å²) in [5, 5.41) is 1.58. The summed E-state index contributed by atoms with van der Waals surface area (Å²) in [6.07, 6.45) is -1.03. The second-order valence-corrected chi connectivity index (χ2v) is 9.76. The predicted molar refractivity (Wildman–Crippen MR) is 148 cm³/mol. The number of nitrogens with zero attached hydrogens (tertiary/aromatic N) is 2. The van der Waals surface area contributed by atoms with Gasteiger partial charge in [0.15, 0.2) is 17.6 Å². The molecule has 2 amide bonds. The number of amides is 2. The van der Waals surface area contributed by atoms with Crippen LogP contribution in [0.1, 0.15) is 27.5 Å². The van der Waals surface area contributed by atoms with Gasteiger partial charge in [-0.2, -0.15) is 0 Å². The zero-order valence-electron chi connectivity index (χ0n) is 22.2. The van der Waals surface area contributed by atoms with Gasteiger partial charge in [0.1, 0.15) is 11.7 Å². The number of carbonyl (C=O) groups excluding carboxylic acids is 3. The van der Waals surface area contributed by atoms with Crippen LogP contribution in [0.5, 0.6) is 11.5 Å². The van der Waals surface area contributed by atoms with E-state index in [4.69, 9.17) is 14.3 Å². The lowest BCUT2D eigenvalue weighted by Gasteiger charge is -2.29. The highest BCUT2D eigenvalue weighted by Gasteiger charge is 2.60. The number of benzene rings is 4. The SMILES string of the molecule is COc1cc([C@H]2[C@@H]3C(=O)N(c4ccccc4C)C(=O)[C@H]3ON2c2ccccc2)ccc1OC(=O)c1ccc(F)cc1. The Morgan fingerprint density at radius 3 is 2.27 bits per heavy atom. The van der Waals surface area contributed by atoms with Crippen LogP contribution in [0.2, 0.25) is 0 Å². The standard InChI is InChI=1S/C32H25FN2O6/c1-19-8-6-7-11-24(19)34-30(36)27-28(35(41-29(27)31(34)37)23-9-4-3-5-10-23)21-14-17-25(26(18-21)39-2)40-32(38)20-12-15-22(33)16-13-20/h3-18,27-29H,1-2H3/t27-,28-,29-/m0/s1. The van der Waals surface area contributed by atoms with E-state index in [1.807, 2.05) is 49.4 Å². The molecule has 4 aromatic rings. The van der Waals surface area contributed by atoms with E-state index in [9.17, 15) is 18.8 Å². The Kier molecular flexibility index (Phi) is 6.72. The molecule has 0 spiro atoms. The highest BCUT2D eigenvalue weighted by molar-refractivity contribution is 6.24. The molecule has 0 radical (unpaired) electrons. The summed E-state index contributed by atoms with van der Waals surface area (Å²) in [7, 11) is 1.43. The summed E-state index contributed by atoms with van der Waals surface area (Å²) in [6, 6.07) is 25.6. The highest BCUT2D eigenvalue weighted by atomic mass is 19.1. The smallest absolute Gasteiger partial charge is 0.343 e. The van der Waals surface area contributed by atoms with Gasteiger partial charge < -0.3 is 9.47 Å². The molecule has 3 atom stereocenters. The van der Waals surface area contributed by atoms with E-state index in [1.54, 1.807) is 35.4 Å². The van der Waals surface area contributed by atoms with Gasteiger partial charge in [-0.1, -0.05) is 42.5 Å². The first-order valence-corrected chi connectivity index (χ1v) is 13.0. The number of hydrogen-bond donors (Lipinski definition) is 0. The molecule has 9 heteroatoms. The van der Waals surface area contributed by atoms with Crippen molar-refractivity contribution in [2.45, 2.75) is 19.1 Å². The molecular formula is C32H25FN2O6. The van der Waals surface area contributed by atoms with Crippen molar-refractivity contribution < 1.29 is 33.1 Å². The van der Waals surface area contributed by atoms with Crippen LogP contribution in [0.4, 0.5) is 15.8 Å². The predicted octanol–water partition coefficient (Wildman–Crippen LogP) is 5.41. The summed E-state index contributed by atoms with van der Waals surface area (Å²) >= 11 is 0. The van der Waals surface area contributed by atoms with Crippen LogP contribution in [-0.4, -0.2) is 31.0 Å². The third kappa shape index (κ3) is 4.60. The number of anilines is 2. The normalized spacial score (nSPS) is 19.8. The molecule has 0 bridgehead atoms. The van der Waals surface area contributed by atoms with Gasteiger partial charge in [0.2, 0.25) is 5.91 Å². The fraction of sp³-hybridized carbons (Fsp3) is 0.156. The van der Waals surface area contributed by atoms with Gasteiger partial charge in [0.05, 0.1) is 30.1 Å². The van der Waals surface area contributed by atoms with Crippen LogP contribution in [0.15, 0.2) is 97.1 Å². The van der Waals surface area contributed by atoms with Crippen molar-refractivity contribution in [1.82, 2.24) is 0 Å². The van der Waals surface area contributed by atoms with E-state index in [0.29, 0.717) is 16.9 Å². The average molecular weight is 553 g/mol. The number of methoxy groups -OCH3 is 1.